The van der Waals surface area contributed by atoms with E-state index in [9.17, 15) is 4.79 Å². The van der Waals surface area contributed by atoms with Gasteiger partial charge in [0.05, 0.1) is 15.3 Å². The number of hydrogen-bond donors (Lipinski definition) is 1. The fourth-order valence-corrected chi connectivity index (χ4v) is 3.35. The van der Waals surface area contributed by atoms with Crippen molar-refractivity contribution in [2.24, 2.45) is 0 Å². The molecule has 0 spiro atoms. The summed E-state index contributed by atoms with van der Waals surface area (Å²) in [7, 11) is 0. The van der Waals surface area contributed by atoms with Crippen LogP contribution in [0.25, 0.3) is 9.40 Å². The summed E-state index contributed by atoms with van der Waals surface area (Å²) in [6, 6.07) is 0. The number of nitrogen functional groups attached to an aromatic ring is 1. The van der Waals surface area contributed by atoms with Crippen LogP contribution in [0.15, 0.2) is 10.8 Å². The maximum atomic E-state index is 11.9. The molecule has 0 radical (unpaired) electrons. The first kappa shape index (κ1) is 11.4. The molecule has 2 rings (SSSR count). The molecule has 0 amide bonds. The van der Waals surface area contributed by atoms with Gasteiger partial charge >= 0.3 is 5.97 Å². The average Bonchev–Trinajstić information content (AvgIpc) is 2.66. The summed E-state index contributed by atoms with van der Waals surface area (Å²) in [6.45, 7) is 5.56. The lowest BCUT2D eigenvalue weighted by Gasteiger charge is -2.19. The van der Waals surface area contributed by atoms with Gasteiger partial charge in [0, 0.05) is 16.1 Å². The Balaban J connectivity index is 2.40. The Kier molecular flexibility index (Phi) is 2.67. The van der Waals surface area contributed by atoms with Crippen molar-refractivity contribution in [2.75, 3.05) is 5.73 Å². The minimum absolute atomic E-state index is 0.302. The van der Waals surface area contributed by atoms with E-state index in [-0.39, 0.29) is 5.97 Å². The smallest absolute Gasteiger partial charge is 0.340 e. The number of carbonyl (C=O) groups excluding carboxylic acids is 1. The number of hydrogen-bond acceptors (Lipinski definition) is 5. The summed E-state index contributed by atoms with van der Waals surface area (Å²) in [4.78, 5) is 11.9. The highest BCUT2D eigenvalue weighted by atomic mass is 32.2. The van der Waals surface area contributed by atoms with Crippen molar-refractivity contribution in [3.8, 4) is 0 Å². The molecule has 0 aliphatic carbocycles. The minimum atomic E-state index is -0.476. The van der Waals surface area contributed by atoms with Crippen molar-refractivity contribution in [1.82, 2.24) is 0 Å². The topological polar surface area (TPSA) is 52.3 Å². The van der Waals surface area contributed by atoms with Crippen LogP contribution >= 0.6 is 22.7 Å². The zero-order chi connectivity index (χ0) is 11.9. The van der Waals surface area contributed by atoms with Gasteiger partial charge in [-0.15, -0.1) is 22.7 Å². The molecule has 0 aliphatic heterocycles. The molecule has 0 unspecified atom stereocenters. The van der Waals surface area contributed by atoms with Gasteiger partial charge in [-0.2, -0.15) is 0 Å². The van der Waals surface area contributed by atoms with Gasteiger partial charge in [-0.3, -0.25) is 0 Å². The molecule has 3 nitrogen and oxygen atoms in total. The number of fused-ring (bicyclic) bond motifs is 1. The molecule has 0 aliphatic rings. The van der Waals surface area contributed by atoms with Crippen LogP contribution in [0, 0.1) is 0 Å². The van der Waals surface area contributed by atoms with Crippen LogP contribution in [-0.2, 0) is 4.74 Å². The number of esters is 1. The summed E-state index contributed by atoms with van der Waals surface area (Å²) in [6.07, 6.45) is 0. The molecule has 0 saturated carbocycles. The van der Waals surface area contributed by atoms with Crippen LogP contribution in [0.3, 0.4) is 0 Å². The molecule has 2 aromatic heterocycles. The molecule has 0 aromatic carbocycles. The van der Waals surface area contributed by atoms with E-state index >= 15 is 0 Å². The van der Waals surface area contributed by atoms with Crippen molar-refractivity contribution in [3.63, 3.8) is 0 Å². The van der Waals surface area contributed by atoms with Gasteiger partial charge in [-0.1, -0.05) is 0 Å². The zero-order valence-corrected chi connectivity index (χ0v) is 11.0. The molecular weight excluding hydrogens is 242 g/mol. The maximum absolute atomic E-state index is 11.9. The second kappa shape index (κ2) is 3.75. The fourth-order valence-electron chi connectivity index (χ4n) is 1.36. The molecule has 5 heteroatoms. The lowest BCUT2D eigenvalue weighted by molar-refractivity contribution is 0.00724. The normalized spacial score (nSPS) is 11.9. The third-order valence-electron chi connectivity index (χ3n) is 1.96. The number of rotatable bonds is 1. The molecule has 0 fully saturated rings. The van der Waals surface area contributed by atoms with Gasteiger partial charge in [-0.25, -0.2) is 4.79 Å². The number of nitrogens with two attached hydrogens (primary N) is 1. The standard InChI is InChI=1S/C11H13NO2S2/c1-11(2,3)14-9(13)6-4-15-10-8(6)7(12)5-16-10/h4-5H,12H2,1-3H3. The third-order valence-corrected chi connectivity index (χ3v) is 4.10. The number of anilines is 1. The summed E-state index contributed by atoms with van der Waals surface area (Å²) >= 11 is 3.08. The van der Waals surface area contributed by atoms with Gasteiger partial charge in [0.25, 0.3) is 0 Å². The first-order valence-corrected chi connectivity index (χ1v) is 6.62. The molecular formula is C11H13NO2S2. The molecule has 0 bridgehead atoms. The van der Waals surface area contributed by atoms with Crippen molar-refractivity contribution in [2.45, 2.75) is 26.4 Å². The fraction of sp³-hybridized carbons (Fsp3) is 0.364. The van der Waals surface area contributed by atoms with Crippen LogP contribution in [0.4, 0.5) is 5.69 Å². The summed E-state index contributed by atoms with van der Waals surface area (Å²) < 4.78 is 6.40. The van der Waals surface area contributed by atoms with E-state index in [2.05, 4.69) is 0 Å². The van der Waals surface area contributed by atoms with E-state index in [1.54, 1.807) is 11.3 Å². The first-order valence-electron chi connectivity index (χ1n) is 4.86. The largest absolute Gasteiger partial charge is 0.456 e. The quantitative estimate of drug-likeness (QED) is 0.793. The van der Waals surface area contributed by atoms with Crippen LogP contribution in [0.2, 0.25) is 0 Å². The van der Waals surface area contributed by atoms with Gasteiger partial charge < -0.3 is 10.5 Å². The van der Waals surface area contributed by atoms with Crippen molar-refractivity contribution in [3.05, 3.63) is 16.3 Å². The van der Waals surface area contributed by atoms with Crippen LogP contribution < -0.4 is 5.73 Å². The van der Waals surface area contributed by atoms with E-state index in [0.29, 0.717) is 11.3 Å². The van der Waals surface area contributed by atoms with E-state index < -0.39 is 5.60 Å². The van der Waals surface area contributed by atoms with Crippen LogP contribution in [0.5, 0.6) is 0 Å². The van der Waals surface area contributed by atoms with Crippen molar-refractivity contribution >= 4 is 43.7 Å². The average molecular weight is 255 g/mol. The Morgan fingerprint density at radius 2 is 1.94 bits per heavy atom. The minimum Gasteiger partial charge on any atom is -0.456 e. The number of ether oxygens (including phenoxy) is 1. The van der Waals surface area contributed by atoms with Crippen molar-refractivity contribution < 1.29 is 9.53 Å². The van der Waals surface area contributed by atoms with Gasteiger partial charge in [0.1, 0.15) is 5.60 Å². The summed E-state index contributed by atoms with van der Waals surface area (Å²) in [5.74, 6) is -0.302. The predicted octanol–water partition coefficient (Wildman–Crippen LogP) is 3.50. The van der Waals surface area contributed by atoms with Crippen molar-refractivity contribution in [1.29, 1.82) is 0 Å². The molecule has 0 atom stereocenters. The molecule has 16 heavy (non-hydrogen) atoms. The molecule has 86 valence electrons. The third kappa shape index (κ3) is 2.05. The number of thiophene rings is 2. The highest BCUT2D eigenvalue weighted by Gasteiger charge is 2.22. The van der Waals surface area contributed by atoms with E-state index in [0.717, 1.165) is 9.40 Å². The SMILES string of the molecule is CC(C)(C)OC(=O)c1csc2scc(N)c12. The monoisotopic (exact) mass is 255 g/mol. The Bertz CT molecular complexity index is 534. The second-order valence-electron chi connectivity index (χ2n) is 4.50. The lowest BCUT2D eigenvalue weighted by Crippen LogP contribution is -2.23. The van der Waals surface area contributed by atoms with Crippen LogP contribution in [-0.4, -0.2) is 11.6 Å². The Labute approximate surface area is 102 Å². The zero-order valence-electron chi connectivity index (χ0n) is 9.37. The Morgan fingerprint density at radius 1 is 1.31 bits per heavy atom. The Morgan fingerprint density at radius 3 is 2.56 bits per heavy atom. The summed E-state index contributed by atoms with van der Waals surface area (Å²) in [5.41, 5.74) is 6.59. The maximum Gasteiger partial charge on any atom is 0.340 e. The highest BCUT2D eigenvalue weighted by Crippen LogP contribution is 2.36. The second-order valence-corrected chi connectivity index (χ2v) is 6.52. The van der Waals surface area contributed by atoms with E-state index in [1.165, 1.54) is 11.3 Å². The van der Waals surface area contributed by atoms with Crippen LogP contribution in [0.1, 0.15) is 31.1 Å². The molecule has 2 aromatic rings. The van der Waals surface area contributed by atoms with Gasteiger partial charge in [0.2, 0.25) is 0 Å². The van der Waals surface area contributed by atoms with Gasteiger partial charge in [0.15, 0.2) is 0 Å². The summed E-state index contributed by atoms with van der Waals surface area (Å²) in [5, 5.41) is 4.50. The molecule has 0 saturated heterocycles. The van der Waals surface area contributed by atoms with Gasteiger partial charge in [-0.05, 0) is 20.8 Å². The lowest BCUT2D eigenvalue weighted by atomic mass is 10.2. The highest BCUT2D eigenvalue weighted by molar-refractivity contribution is 7.37. The van der Waals surface area contributed by atoms with E-state index in [1.807, 2.05) is 31.5 Å². The molecule has 2 heterocycles. The first-order chi connectivity index (χ1) is 7.38. The van der Waals surface area contributed by atoms with E-state index in [4.69, 9.17) is 10.5 Å². The Hall–Kier alpha value is -1.07. The number of carbonyl (C=O) groups is 1. The predicted molar refractivity (Wildman–Crippen MR) is 69.3 cm³/mol. The molecule has 2 N–H and O–H groups in total.